The monoisotopic (exact) mass is 294 g/mol. The molecule has 0 atom stereocenters. The van der Waals surface area contributed by atoms with E-state index in [1.807, 2.05) is 19.9 Å². The lowest BCUT2D eigenvalue weighted by Crippen LogP contribution is -2.25. The summed E-state index contributed by atoms with van der Waals surface area (Å²) in [6, 6.07) is 7.18. The molecule has 0 spiro atoms. The molecule has 20 heavy (non-hydrogen) atoms. The van der Waals surface area contributed by atoms with Crippen molar-refractivity contribution in [2.24, 2.45) is 5.73 Å². The molecule has 1 aromatic rings. The number of carbonyl (C=O) groups excluding carboxylic acids is 1. The van der Waals surface area contributed by atoms with Gasteiger partial charge in [0, 0.05) is 11.3 Å². The smallest absolute Gasteiger partial charge is 0.226 e. The molecule has 0 unspecified atom stereocenters. The highest BCUT2D eigenvalue weighted by Gasteiger charge is 2.15. The lowest BCUT2D eigenvalue weighted by atomic mass is 10.1. The van der Waals surface area contributed by atoms with Crippen molar-refractivity contribution in [1.82, 2.24) is 0 Å². The largest absolute Gasteiger partial charge is 0.389 e. The van der Waals surface area contributed by atoms with Crippen LogP contribution in [-0.4, -0.2) is 23.1 Å². The molecule has 0 aliphatic heterocycles. The first-order valence-corrected chi connectivity index (χ1v) is 7.08. The standard InChI is InChI=1S/C15H22N2O2S/c1-4-15(2,3)19-9-8-13(18)17-12-7-5-6-11(10-12)14(16)20/h5-7,10H,4,8-9H2,1-3H3,(H2,16,20)(H,17,18). The third-order valence-corrected chi connectivity index (χ3v) is 3.34. The fraction of sp³-hybridized carbons (Fsp3) is 0.467. The molecule has 0 fully saturated rings. The summed E-state index contributed by atoms with van der Waals surface area (Å²) >= 11 is 4.90. The summed E-state index contributed by atoms with van der Waals surface area (Å²) in [5, 5.41) is 2.81. The maximum absolute atomic E-state index is 11.8. The molecule has 1 aromatic carbocycles. The van der Waals surface area contributed by atoms with Crippen LogP contribution in [0.25, 0.3) is 0 Å². The highest BCUT2D eigenvalue weighted by molar-refractivity contribution is 7.80. The van der Waals surface area contributed by atoms with Crippen LogP contribution in [0.4, 0.5) is 5.69 Å². The van der Waals surface area contributed by atoms with Crippen LogP contribution >= 0.6 is 12.2 Å². The first kappa shape index (κ1) is 16.6. The molecule has 1 amide bonds. The van der Waals surface area contributed by atoms with Crippen LogP contribution in [0.15, 0.2) is 24.3 Å². The molecule has 0 radical (unpaired) electrons. The molecule has 110 valence electrons. The van der Waals surface area contributed by atoms with Gasteiger partial charge in [-0.05, 0) is 32.4 Å². The molecule has 4 nitrogen and oxygen atoms in total. The van der Waals surface area contributed by atoms with Gasteiger partial charge in [-0.1, -0.05) is 31.3 Å². The summed E-state index contributed by atoms with van der Waals surface area (Å²) in [5.41, 5.74) is 6.79. The van der Waals surface area contributed by atoms with Crippen LogP contribution in [0.2, 0.25) is 0 Å². The summed E-state index contributed by atoms with van der Waals surface area (Å²) < 4.78 is 5.65. The highest BCUT2D eigenvalue weighted by Crippen LogP contribution is 2.14. The fourth-order valence-electron chi connectivity index (χ4n) is 1.50. The van der Waals surface area contributed by atoms with Gasteiger partial charge in [0.25, 0.3) is 0 Å². The summed E-state index contributed by atoms with van der Waals surface area (Å²) in [7, 11) is 0. The van der Waals surface area contributed by atoms with E-state index in [1.54, 1.807) is 18.2 Å². The molecule has 0 aliphatic carbocycles. The Balaban J connectivity index is 2.47. The summed E-state index contributed by atoms with van der Waals surface area (Å²) in [6.07, 6.45) is 1.23. The van der Waals surface area contributed by atoms with Gasteiger partial charge < -0.3 is 15.8 Å². The van der Waals surface area contributed by atoms with Gasteiger partial charge in [0.1, 0.15) is 4.99 Å². The van der Waals surface area contributed by atoms with Gasteiger partial charge in [-0.15, -0.1) is 0 Å². The number of amides is 1. The quantitative estimate of drug-likeness (QED) is 0.759. The van der Waals surface area contributed by atoms with Crippen molar-refractivity contribution in [2.45, 2.75) is 39.2 Å². The van der Waals surface area contributed by atoms with Gasteiger partial charge >= 0.3 is 0 Å². The van der Waals surface area contributed by atoms with Gasteiger partial charge in [0.05, 0.1) is 18.6 Å². The van der Waals surface area contributed by atoms with Crippen molar-refractivity contribution in [3.63, 3.8) is 0 Å². The fourth-order valence-corrected chi connectivity index (χ4v) is 1.62. The average Bonchev–Trinajstić information content (AvgIpc) is 2.38. The van der Waals surface area contributed by atoms with E-state index in [0.29, 0.717) is 23.7 Å². The van der Waals surface area contributed by atoms with Crippen LogP contribution in [0.5, 0.6) is 0 Å². The molecule has 0 heterocycles. The number of ether oxygens (including phenoxy) is 1. The second kappa shape index (κ2) is 7.36. The van der Waals surface area contributed by atoms with E-state index >= 15 is 0 Å². The third-order valence-electron chi connectivity index (χ3n) is 3.10. The minimum Gasteiger partial charge on any atom is -0.389 e. The Morgan fingerprint density at radius 3 is 2.75 bits per heavy atom. The Bertz CT molecular complexity index is 487. The maximum Gasteiger partial charge on any atom is 0.226 e. The number of benzene rings is 1. The van der Waals surface area contributed by atoms with Gasteiger partial charge in [-0.25, -0.2) is 0 Å². The number of carbonyl (C=O) groups is 1. The number of rotatable bonds is 7. The predicted molar refractivity (Wildman–Crippen MR) is 85.9 cm³/mol. The summed E-state index contributed by atoms with van der Waals surface area (Å²) in [6.45, 7) is 6.48. The van der Waals surface area contributed by atoms with E-state index in [9.17, 15) is 4.79 Å². The van der Waals surface area contributed by atoms with Crippen LogP contribution < -0.4 is 11.1 Å². The second-order valence-corrected chi connectivity index (χ2v) is 5.64. The number of hydrogen-bond donors (Lipinski definition) is 2. The molecule has 0 saturated carbocycles. The number of nitrogens with one attached hydrogen (secondary N) is 1. The van der Waals surface area contributed by atoms with E-state index in [2.05, 4.69) is 12.2 Å². The van der Waals surface area contributed by atoms with Gasteiger partial charge in [0.2, 0.25) is 5.91 Å². The van der Waals surface area contributed by atoms with E-state index in [4.69, 9.17) is 22.7 Å². The molecule has 1 rings (SSSR count). The Morgan fingerprint density at radius 1 is 1.45 bits per heavy atom. The topological polar surface area (TPSA) is 64.3 Å². The zero-order valence-corrected chi connectivity index (χ0v) is 13.0. The number of hydrogen-bond acceptors (Lipinski definition) is 3. The molecule has 3 N–H and O–H groups in total. The van der Waals surface area contributed by atoms with Gasteiger partial charge in [-0.3, -0.25) is 4.79 Å². The third kappa shape index (κ3) is 5.67. The van der Waals surface area contributed by atoms with Gasteiger partial charge in [-0.2, -0.15) is 0 Å². The number of nitrogens with two attached hydrogens (primary N) is 1. The Kier molecular flexibility index (Phi) is 6.10. The zero-order chi connectivity index (χ0) is 15.2. The molecule has 5 heteroatoms. The SMILES string of the molecule is CCC(C)(C)OCCC(=O)Nc1cccc(C(N)=S)c1. The summed E-state index contributed by atoms with van der Waals surface area (Å²) in [5.74, 6) is -0.0861. The molecule has 0 aromatic heterocycles. The predicted octanol–water partition coefficient (Wildman–Crippen LogP) is 2.85. The van der Waals surface area contributed by atoms with Crippen LogP contribution in [0, 0.1) is 0 Å². The van der Waals surface area contributed by atoms with Crippen LogP contribution in [0.1, 0.15) is 39.2 Å². The van der Waals surface area contributed by atoms with Crippen LogP contribution in [-0.2, 0) is 9.53 Å². The summed E-state index contributed by atoms with van der Waals surface area (Å²) in [4.78, 5) is 12.1. The van der Waals surface area contributed by atoms with Crippen LogP contribution in [0.3, 0.4) is 0 Å². The van der Waals surface area contributed by atoms with Crippen molar-refractivity contribution in [3.05, 3.63) is 29.8 Å². The number of anilines is 1. The molecule has 0 bridgehead atoms. The molecule has 0 aliphatic rings. The Hall–Kier alpha value is -1.46. The second-order valence-electron chi connectivity index (χ2n) is 5.20. The van der Waals surface area contributed by atoms with Crippen molar-refractivity contribution < 1.29 is 9.53 Å². The van der Waals surface area contributed by atoms with E-state index in [-0.39, 0.29) is 11.5 Å². The molecular formula is C15H22N2O2S. The average molecular weight is 294 g/mol. The van der Waals surface area contributed by atoms with Gasteiger partial charge in [0.15, 0.2) is 0 Å². The highest BCUT2D eigenvalue weighted by atomic mass is 32.1. The lowest BCUT2D eigenvalue weighted by molar-refractivity contribution is -0.118. The van der Waals surface area contributed by atoms with Crippen molar-refractivity contribution in [3.8, 4) is 0 Å². The first-order valence-electron chi connectivity index (χ1n) is 6.68. The van der Waals surface area contributed by atoms with Crippen molar-refractivity contribution >= 4 is 28.8 Å². The maximum atomic E-state index is 11.8. The lowest BCUT2D eigenvalue weighted by Gasteiger charge is -2.23. The zero-order valence-electron chi connectivity index (χ0n) is 12.2. The van der Waals surface area contributed by atoms with Crippen molar-refractivity contribution in [2.75, 3.05) is 11.9 Å². The van der Waals surface area contributed by atoms with E-state index in [1.165, 1.54) is 0 Å². The normalized spacial score (nSPS) is 11.2. The molecular weight excluding hydrogens is 272 g/mol. The Morgan fingerprint density at radius 2 is 2.15 bits per heavy atom. The first-order chi connectivity index (χ1) is 9.34. The van der Waals surface area contributed by atoms with E-state index in [0.717, 1.165) is 12.0 Å². The minimum absolute atomic E-state index is 0.0861. The minimum atomic E-state index is -0.189. The van der Waals surface area contributed by atoms with E-state index < -0.39 is 0 Å². The number of thiocarbonyl (C=S) groups is 1. The van der Waals surface area contributed by atoms with Crippen molar-refractivity contribution in [1.29, 1.82) is 0 Å². The Labute approximate surface area is 125 Å². The molecule has 0 saturated heterocycles.